The van der Waals surface area contributed by atoms with Gasteiger partial charge in [-0.15, -0.1) is 0 Å². The molecule has 0 aliphatic rings. The summed E-state index contributed by atoms with van der Waals surface area (Å²) in [6.07, 6.45) is 3.07. The van der Waals surface area contributed by atoms with E-state index in [1.165, 1.54) is 18.5 Å². The van der Waals surface area contributed by atoms with Gasteiger partial charge in [0.25, 0.3) is 17.7 Å². The largest absolute Gasteiger partial charge is 0.391 e. The Bertz CT molecular complexity index is 1480. The molecule has 0 unspecified atom stereocenters. The van der Waals surface area contributed by atoms with Gasteiger partial charge in [0, 0.05) is 49.2 Å². The van der Waals surface area contributed by atoms with Crippen molar-refractivity contribution < 1.29 is 33.1 Å². The fraction of sp³-hybridized carbons (Fsp3) is 0.382. The van der Waals surface area contributed by atoms with Crippen molar-refractivity contribution in [3.8, 4) is 0 Å². The Kier molecular flexibility index (Phi) is 13.8. The number of benzene rings is 2. The highest BCUT2D eigenvalue weighted by Crippen LogP contribution is 2.16. The van der Waals surface area contributed by atoms with Gasteiger partial charge in [-0.05, 0) is 86.2 Å². The van der Waals surface area contributed by atoms with Crippen molar-refractivity contribution >= 4 is 23.6 Å². The quantitative estimate of drug-likeness (QED) is 0.189. The zero-order valence-electron chi connectivity index (χ0n) is 26.3. The van der Waals surface area contributed by atoms with Gasteiger partial charge < -0.3 is 26.0 Å². The molecule has 12 heteroatoms. The highest BCUT2D eigenvalue weighted by atomic mass is 19.1. The van der Waals surface area contributed by atoms with Crippen molar-refractivity contribution in [2.75, 3.05) is 26.2 Å². The maximum Gasteiger partial charge on any atom is 0.253 e. The third-order valence-electron chi connectivity index (χ3n) is 7.12. The first-order valence-corrected chi connectivity index (χ1v) is 15.3. The number of carbonyl (C=O) groups excluding carboxylic acids is 4. The maximum absolute atomic E-state index is 14.0. The summed E-state index contributed by atoms with van der Waals surface area (Å²) in [5, 5.41) is 18.9. The van der Waals surface area contributed by atoms with E-state index in [-0.39, 0.29) is 43.0 Å². The van der Waals surface area contributed by atoms with Crippen molar-refractivity contribution in [1.29, 1.82) is 0 Å². The number of aliphatic hydroxyl groups is 1. The number of nitrogens with one attached hydrogen (secondary N) is 3. The SMILES string of the molecule is CCCN(CCC)C(=O)c1cc(C)cc(C(=O)N[C@@H](Cc2cc(F)cc(F)c2)[C@H](O)CCNC(=O)CNC(=O)c2cccnc2)c1. The van der Waals surface area contributed by atoms with Gasteiger partial charge in [-0.2, -0.15) is 0 Å². The van der Waals surface area contributed by atoms with Crippen LogP contribution < -0.4 is 16.0 Å². The van der Waals surface area contributed by atoms with Gasteiger partial charge in [-0.25, -0.2) is 8.78 Å². The molecule has 0 aliphatic carbocycles. The summed E-state index contributed by atoms with van der Waals surface area (Å²) in [4.78, 5) is 56.7. The number of pyridine rings is 1. The van der Waals surface area contributed by atoms with Gasteiger partial charge in [0.05, 0.1) is 24.3 Å². The van der Waals surface area contributed by atoms with Crippen LogP contribution in [0.25, 0.3) is 0 Å². The zero-order chi connectivity index (χ0) is 33.6. The Morgan fingerprint density at radius 2 is 1.57 bits per heavy atom. The molecule has 4 amide bonds. The van der Waals surface area contributed by atoms with Gasteiger partial charge in [0.15, 0.2) is 0 Å². The molecule has 0 aliphatic heterocycles. The summed E-state index contributed by atoms with van der Waals surface area (Å²) in [6.45, 7) is 6.56. The van der Waals surface area contributed by atoms with Crippen LogP contribution in [0.3, 0.4) is 0 Å². The summed E-state index contributed by atoms with van der Waals surface area (Å²) in [7, 11) is 0. The number of aliphatic hydroxyl groups excluding tert-OH is 1. The number of amides is 4. The number of aromatic nitrogens is 1. The first-order valence-electron chi connectivity index (χ1n) is 15.3. The van der Waals surface area contributed by atoms with E-state index in [0.717, 1.165) is 31.0 Å². The molecule has 2 atom stereocenters. The molecule has 4 N–H and O–H groups in total. The fourth-order valence-corrected chi connectivity index (χ4v) is 4.98. The minimum Gasteiger partial charge on any atom is -0.391 e. The molecular weight excluding hydrogens is 596 g/mol. The second kappa shape index (κ2) is 17.7. The molecule has 46 heavy (non-hydrogen) atoms. The Balaban J connectivity index is 1.70. The number of rotatable bonds is 16. The first kappa shape index (κ1) is 35.8. The Morgan fingerprint density at radius 1 is 0.891 bits per heavy atom. The molecular formula is C34H41F2N5O5. The average Bonchev–Trinajstić information content (AvgIpc) is 3.02. The molecule has 0 saturated heterocycles. The highest BCUT2D eigenvalue weighted by Gasteiger charge is 2.24. The summed E-state index contributed by atoms with van der Waals surface area (Å²) in [5.41, 5.74) is 1.74. The zero-order valence-corrected chi connectivity index (χ0v) is 26.3. The van der Waals surface area contributed by atoms with Crippen LogP contribution in [0.4, 0.5) is 8.78 Å². The van der Waals surface area contributed by atoms with E-state index < -0.39 is 41.5 Å². The Morgan fingerprint density at radius 3 is 2.20 bits per heavy atom. The summed E-state index contributed by atoms with van der Waals surface area (Å²) < 4.78 is 27.9. The normalized spacial score (nSPS) is 12.1. The molecule has 0 bridgehead atoms. The third-order valence-corrected chi connectivity index (χ3v) is 7.12. The molecule has 0 radical (unpaired) electrons. The lowest BCUT2D eigenvalue weighted by Gasteiger charge is -2.25. The molecule has 3 aromatic rings. The lowest BCUT2D eigenvalue weighted by Crippen LogP contribution is -2.46. The molecule has 10 nitrogen and oxygen atoms in total. The number of nitrogens with zero attached hydrogens (tertiary/aromatic N) is 2. The van der Waals surface area contributed by atoms with E-state index in [2.05, 4.69) is 20.9 Å². The lowest BCUT2D eigenvalue weighted by molar-refractivity contribution is -0.120. The summed E-state index contributed by atoms with van der Waals surface area (Å²) >= 11 is 0. The highest BCUT2D eigenvalue weighted by molar-refractivity contribution is 6.00. The van der Waals surface area contributed by atoms with Crippen molar-refractivity contribution in [3.63, 3.8) is 0 Å². The topological polar surface area (TPSA) is 141 Å². The van der Waals surface area contributed by atoms with E-state index in [4.69, 9.17) is 0 Å². The average molecular weight is 638 g/mol. The smallest absolute Gasteiger partial charge is 0.253 e. The number of halogens is 2. The number of hydrogen-bond donors (Lipinski definition) is 4. The van der Waals surface area contributed by atoms with Crippen LogP contribution >= 0.6 is 0 Å². The van der Waals surface area contributed by atoms with E-state index >= 15 is 0 Å². The van der Waals surface area contributed by atoms with E-state index in [0.29, 0.717) is 29.8 Å². The summed E-state index contributed by atoms with van der Waals surface area (Å²) in [5.74, 6) is -3.37. The second-order valence-electron chi connectivity index (χ2n) is 11.1. The minimum atomic E-state index is -1.24. The molecule has 0 fully saturated rings. The van der Waals surface area contributed by atoms with Gasteiger partial charge in [-0.1, -0.05) is 13.8 Å². The molecule has 246 valence electrons. The van der Waals surface area contributed by atoms with Gasteiger partial charge in [0.2, 0.25) is 5.91 Å². The number of hydrogen-bond acceptors (Lipinski definition) is 6. The molecule has 0 spiro atoms. The minimum absolute atomic E-state index is 0.0135. The van der Waals surface area contributed by atoms with Crippen molar-refractivity contribution in [2.24, 2.45) is 0 Å². The standard InChI is InChI=1S/C34H41F2N5O5/c1-4-11-41(12-5-2)34(46)26-14-22(3)13-25(18-26)33(45)40-29(17-23-15-27(35)19-28(36)16-23)30(42)8-10-38-31(43)21-39-32(44)24-7-6-9-37-20-24/h6-7,9,13-16,18-20,29-30,42H,4-5,8,10-12,17,21H2,1-3H3,(H,38,43)(H,39,44)(H,40,45)/t29-,30+/m0/s1. The Hall–Kier alpha value is -4.71. The predicted octanol–water partition coefficient (Wildman–Crippen LogP) is 3.57. The Labute approximate surface area is 267 Å². The van der Waals surface area contributed by atoms with E-state index in [1.54, 1.807) is 36.1 Å². The second-order valence-corrected chi connectivity index (χ2v) is 11.1. The van der Waals surface area contributed by atoms with Crippen LogP contribution in [-0.2, 0) is 11.2 Å². The van der Waals surface area contributed by atoms with Gasteiger partial charge in [-0.3, -0.25) is 24.2 Å². The predicted molar refractivity (Wildman–Crippen MR) is 169 cm³/mol. The van der Waals surface area contributed by atoms with Crippen molar-refractivity contribution in [2.45, 2.75) is 58.6 Å². The van der Waals surface area contributed by atoms with Crippen molar-refractivity contribution in [1.82, 2.24) is 25.8 Å². The number of carbonyl (C=O) groups is 4. The molecule has 1 aromatic heterocycles. The van der Waals surface area contributed by atoms with Crippen LogP contribution in [0.15, 0.2) is 60.9 Å². The van der Waals surface area contributed by atoms with Crippen LogP contribution in [0.5, 0.6) is 0 Å². The van der Waals surface area contributed by atoms with Crippen LogP contribution in [-0.4, -0.2) is 76.9 Å². The van der Waals surface area contributed by atoms with E-state index in [1.807, 2.05) is 13.8 Å². The number of aryl methyl sites for hydroxylation is 1. The van der Waals surface area contributed by atoms with Crippen LogP contribution in [0.2, 0.25) is 0 Å². The lowest BCUT2D eigenvalue weighted by atomic mass is 9.97. The van der Waals surface area contributed by atoms with Crippen molar-refractivity contribution in [3.05, 3.63) is 100 Å². The molecule has 2 aromatic carbocycles. The molecule has 1 heterocycles. The first-order chi connectivity index (χ1) is 22.0. The maximum atomic E-state index is 14.0. The third kappa shape index (κ3) is 11.0. The van der Waals surface area contributed by atoms with Crippen LogP contribution in [0.1, 0.15) is 75.3 Å². The molecule has 3 rings (SSSR count). The van der Waals surface area contributed by atoms with E-state index in [9.17, 15) is 33.1 Å². The van der Waals surface area contributed by atoms with Crippen LogP contribution in [0, 0.1) is 18.6 Å². The summed E-state index contributed by atoms with van der Waals surface area (Å²) in [6, 6.07) is 9.90. The fourth-order valence-electron chi connectivity index (χ4n) is 4.98. The molecule has 0 saturated carbocycles. The monoisotopic (exact) mass is 637 g/mol. The van der Waals surface area contributed by atoms with Gasteiger partial charge >= 0.3 is 0 Å². The van der Waals surface area contributed by atoms with Gasteiger partial charge in [0.1, 0.15) is 11.6 Å².